The summed E-state index contributed by atoms with van der Waals surface area (Å²) in [5, 5.41) is 3.33. The lowest BCUT2D eigenvalue weighted by Crippen LogP contribution is -2.47. The van der Waals surface area contributed by atoms with Crippen LogP contribution in [0, 0.1) is 5.92 Å². The van der Waals surface area contributed by atoms with Gasteiger partial charge < -0.3 is 20.7 Å². The first-order valence-corrected chi connectivity index (χ1v) is 8.43. The number of primary amides is 1. The van der Waals surface area contributed by atoms with E-state index in [1.807, 2.05) is 25.1 Å². The molecule has 7 nitrogen and oxygen atoms in total. The number of hydrogen-bond donors (Lipinski definition) is 2. The standard InChI is InChI=1S/C17H27N5O2.HI/c1-3-19-17(20-11-14-7-4-8-16(21-14)24-2)22-9-5-6-13(12-22)10-15(18)23;/h4,7-8,13H,3,5-6,9-12H2,1-2H3,(H2,18,23)(H,19,20);1H. The summed E-state index contributed by atoms with van der Waals surface area (Å²) in [7, 11) is 1.60. The van der Waals surface area contributed by atoms with Crippen molar-refractivity contribution in [1.29, 1.82) is 0 Å². The topological polar surface area (TPSA) is 92.8 Å². The number of amides is 1. The van der Waals surface area contributed by atoms with E-state index in [1.165, 1.54) is 0 Å². The van der Waals surface area contributed by atoms with Crippen molar-refractivity contribution in [3.05, 3.63) is 23.9 Å². The van der Waals surface area contributed by atoms with E-state index in [4.69, 9.17) is 15.5 Å². The zero-order chi connectivity index (χ0) is 17.4. The summed E-state index contributed by atoms with van der Waals surface area (Å²) in [4.78, 5) is 22.5. The van der Waals surface area contributed by atoms with Crippen molar-refractivity contribution in [2.75, 3.05) is 26.7 Å². The molecule has 1 atom stereocenters. The van der Waals surface area contributed by atoms with Crippen molar-refractivity contribution in [3.8, 4) is 5.88 Å². The van der Waals surface area contributed by atoms with Gasteiger partial charge in [0.25, 0.3) is 0 Å². The lowest BCUT2D eigenvalue weighted by molar-refractivity contribution is -0.119. The zero-order valence-electron chi connectivity index (χ0n) is 14.9. The van der Waals surface area contributed by atoms with Gasteiger partial charge in [-0.3, -0.25) is 4.79 Å². The van der Waals surface area contributed by atoms with E-state index in [1.54, 1.807) is 7.11 Å². The Morgan fingerprint density at radius 1 is 1.52 bits per heavy atom. The first-order valence-electron chi connectivity index (χ1n) is 8.43. The Kier molecular flexibility index (Phi) is 9.54. The minimum atomic E-state index is -0.232. The molecule has 1 aliphatic rings. The minimum Gasteiger partial charge on any atom is -0.481 e. The van der Waals surface area contributed by atoms with Gasteiger partial charge in [-0.2, -0.15) is 0 Å². The smallest absolute Gasteiger partial charge is 0.217 e. The van der Waals surface area contributed by atoms with Gasteiger partial charge in [0.05, 0.1) is 19.3 Å². The zero-order valence-corrected chi connectivity index (χ0v) is 17.2. The van der Waals surface area contributed by atoms with Gasteiger partial charge in [-0.25, -0.2) is 9.98 Å². The first-order chi connectivity index (χ1) is 11.6. The number of carbonyl (C=O) groups is 1. The summed E-state index contributed by atoms with van der Waals surface area (Å²) in [6.07, 6.45) is 2.52. The van der Waals surface area contributed by atoms with Crippen molar-refractivity contribution in [1.82, 2.24) is 15.2 Å². The number of aromatic nitrogens is 1. The number of methoxy groups -OCH3 is 1. The molecule has 3 N–H and O–H groups in total. The van der Waals surface area contributed by atoms with Crippen molar-refractivity contribution >= 4 is 35.8 Å². The molecule has 140 valence electrons. The molecule has 0 radical (unpaired) electrons. The van der Waals surface area contributed by atoms with Gasteiger partial charge in [0, 0.05) is 32.1 Å². The maximum absolute atomic E-state index is 11.2. The molecule has 0 saturated carbocycles. The van der Waals surface area contributed by atoms with Crippen LogP contribution in [0.4, 0.5) is 0 Å². The molecule has 2 heterocycles. The first kappa shape index (κ1) is 21.5. The molecule has 1 fully saturated rings. The van der Waals surface area contributed by atoms with Crippen LogP contribution in [0.25, 0.3) is 0 Å². The summed E-state index contributed by atoms with van der Waals surface area (Å²) in [5.41, 5.74) is 6.20. The predicted molar refractivity (Wildman–Crippen MR) is 109 cm³/mol. The van der Waals surface area contributed by atoms with Crippen LogP contribution in [-0.2, 0) is 11.3 Å². The molecule has 1 unspecified atom stereocenters. The molecule has 0 spiro atoms. The number of nitrogens with zero attached hydrogens (tertiary/aromatic N) is 3. The number of hydrogen-bond acceptors (Lipinski definition) is 4. The Morgan fingerprint density at radius 2 is 2.32 bits per heavy atom. The molecule has 1 amide bonds. The van der Waals surface area contributed by atoms with E-state index in [-0.39, 0.29) is 29.9 Å². The van der Waals surface area contributed by atoms with Gasteiger partial charge in [-0.15, -0.1) is 24.0 Å². The molecule has 0 aromatic carbocycles. The largest absolute Gasteiger partial charge is 0.481 e. The fourth-order valence-corrected chi connectivity index (χ4v) is 2.95. The van der Waals surface area contributed by atoms with E-state index in [2.05, 4.69) is 15.2 Å². The molecule has 0 aliphatic carbocycles. The highest BCUT2D eigenvalue weighted by atomic mass is 127. The monoisotopic (exact) mass is 461 g/mol. The highest BCUT2D eigenvalue weighted by molar-refractivity contribution is 14.0. The van der Waals surface area contributed by atoms with Crippen LogP contribution in [0.15, 0.2) is 23.2 Å². The third kappa shape index (κ3) is 7.05. The van der Waals surface area contributed by atoms with Gasteiger partial charge in [0.2, 0.25) is 11.8 Å². The van der Waals surface area contributed by atoms with Crippen molar-refractivity contribution < 1.29 is 9.53 Å². The molecule has 1 aromatic heterocycles. The lowest BCUT2D eigenvalue weighted by atomic mass is 9.95. The molecular formula is C17H28IN5O2. The normalized spacial score (nSPS) is 17.6. The van der Waals surface area contributed by atoms with Gasteiger partial charge in [-0.1, -0.05) is 6.07 Å². The fourth-order valence-electron chi connectivity index (χ4n) is 2.95. The molecular weight excluding hydrogens is 433 g/mol. The fraction of sp³-hybridized carbons (Fsp3) is 0.588. The van der Waals surface area contributed by atoms with E-state index < -0.39 is 0 Å². The number of piperidine rings is 1. The van der Waals surface area contributed by atoms with E-state index in [0.717, 1.165) is 44.1 Å². The highest BCUT2D eigenvalue weighted by Gasteiger charge is 2.23. The summed E-state index contributed by atoms with van der Waals surface area (Å²) < 4.78 is 5.15. The number of halogens is 1. The van der Waals surface area contributed by atoms with E-state index >= 15 is 0 Å². The summed E-state index contributed by atoms with van der Waals surface area (Å²) >= 11 is 0. The third-order valence-corrected chi connectivity index (χ3v) is 4.02. The number of rotatable bonds is 6. The minimum absolute atomic E-state index is 0. The third-order valence-electron chi connectivity index (χ3n) is 4.02. The maximum Gasteiger partial charge on any atom is 0.217 e. The van der Waals surface area contributed by atoms with Crippen LogP contribution in [0.1, 0.15) is 31.9 Å². The molecule has 1 saturated heterocycles. The van der Waals surface area contributed by atoms with Crippen LogP contribution in [0.2, 0.25) is 0 Å². The Labute approximate surface area is 166 Å². The van der Waals surface area contributed by atoms with Crippen LogP contribution in [0.5, 0.6) is 5.88 Å². The second kappa shape index (κ2) is 11.1. The predicted octanol–water partition coefficient (Wildman–Crippen LogP) is 1.76. The molecule has 8 heteroatoms. The number of pyridine rings is 1. The summed E-state index contributed by atoms with van der Waals surface area (Å²) in [6, 6.07) is 5.66. The number of ether oxygens (including phenoxy) is 1. The molecule has 2 rings (SSSR count). The average molecular weight is 461 g/mol. The molecule has 0 bridgehead atoms. The Bertz CT molecular complexity index is 582. The van der Waals surface area contributed by atoms with E-state index in [9.17, 15) is 4.79 Å². The SMILES string of the molecule is CCNC(=NCc1cccc(OC)n1)N1CCCC(CC(N)=O)C1.I. The van der Waals surface area contributed by atoms with Crippen LogP contribution in [-0.4, -0.2) is 48.5 Å². The molecule has 25 heavy (non-hydrogen) atoms. The quantitative estimate of drug-likeness (QED) is 0.383. The summed E-state index contributed by atoms with van der Waals surface area (Å²) in [6.45, 7) is 5.06. The number of guanidine groups is 1. The molecule has 1 aromatic rings. The average Bonchev–Trinajstić information content (AvgIpc) is 2.58. The van der Waals surface area contributed by atoms with Crippen LogP contribution in [0.3, 0.4) is 0 Å². The van der Waals surface area contributed by atoms with Crippen LogP contribution >= 0.6 is 24.0 Å². The number of likely N-dealkylation sites (tertiary alicyclic amines) is 1. The van der Waals surface area contributed by atoms with Gasteiger partial charge in [-0.05, 0) is 31.7 Å². The number of nitrogens with one attached hydrogen (secondary N) is 1. The van der Waals surface area contributed by atoms with Gasteiger partial charge in [0.1, 0.15) is 0 Å². The number of carbonyl (C=O) groups excluding carboxylic acids is 1. The Hall–Kier alpha value is -1.58. The Balaban J connectivity index is 0.00000312. The van der Waals surface area contributed by atoms with E-state index in [0.29, 0.717) is 24.8 Å². The van der Waals surface area contributed by atoms with Crippen molar-refractivity contribution in [2.24, 2.45) is 16.6 Å². The lowest BCUT2D eigenvalue weighted by Gasteiger charge is -2.34. The molecule has 1 aliphatic heterocycles. The summed E-state index contributed by atoms with van der Waals surface area (Å²) in [5.74, 6) is 1.52. The number of aliphatic imine (C=N–C) groups is 1. The Morgan fingerprint density at radius 3 is 3.00 bits per heavy atom. The second-order valence-corrected chi connectivity index (χ2v) is 5.97. The highest BCUT2D eigenvalue weighted by Crippen LogP contribution is 2.19. The van der Waals surface area contributed by atoms with Crippen molar-refractivity contribution in [3.63, 3.8) is 0 Å². The van der Waals surface area contributed by atoms with Crippen LogP contribution < -0.4 is 15.8 Å². The van der Waals surface area contributed by atoms with Crippen molar-refractivity contribution in [2.45, 2.75) is 32.7 Å². The van der Waals surface area contributed by atoms with Gasteiger partial charge >= 0.3 is 0 Å². The maximum atomic E-state index is 11.2. The van der Waals surface area contributed by atoms with Gasteiger partial charge in [0.15, 0.2) is 5.96 Å². The number of nitrogens with two attached hydrogens (primary N) is 1. The second-order valence-electron chi connectivity index (χ2n) is 5.97.